The predicted molar refractivity (Wildman–Crippen MR) is 130 cm³/mol. The number of carbonyl (C=O) groups is 1. The molecule has 1 aromatic carbocycles. The van der Waals surface area contributed by atoms with Gasteiger partial charge in [0.25, 0.3) is 5.91 Å². The Bertz CT molecular complexity index is 1140. The van der Waals surface area contributed by atoms with Crippen LogP contribution in [0.25, 0.3) is 11.3 Å². The van der Waals surface area contributed by atoms with Crippen molar-refractivity contribution >= 4 is 39.0 Å². The molecule has 4 rings (SSSR count). The highest BCUT2D eigenvalue weighted by Gasteiger charge is 2.19. The SMILES string of the molecule is CC(C)Oc1ccc(S(N)=O)cc1Nc1nc(-c2ccc(C(=O)N3CCNCC3)nc2)cs1. The van der Waals surface area contributed by atoms with Crippen molar-refractivity contribution in [2.45, 2.75) is 24.8 Å². The number of piperazine rings is 1. The third-order valence-electron chi connectivity index (χ3n) is 4.97. The van der Waals surface area contributed by atoms with E-state index in [9.17, 15) is 9.00 Å². The minimum Gasteiger partial charge on any atom is -0.489 e. The quantitative estimate of drug-likeness (QED) is 0.469. The van der Waals surface area contributed by atoms with E-state index in [1.807, 2.05) is 30.2 Å². The summed E-state index contributed by atoms with van der Waals surface area (Å²) in [6, 6.07) is 8.72. The van der Waals surface area contributed by atoms with E-state index < -0.39 is 11.0 Å². The maximum atomic E-state index is 12.6. The summed E-state index contributed by atoms with van der Waals surface area (Å²) < 4.78 is 17.6. The fourth-order valence-corrected chi connectivity index (χ4v) is 4.54. The third-order valence-corrected chi connectivity index (χ3v) is 6.45. The third kappa shape index (κ3) is 5.74. The molecule has 2 aromatic heterocycles. The van der Waals surface area contributed by atoms with Gasteiger partial charge in [-0.25, -0.2) is 14.3 Å². The topological polar surface area (TPSA) is 122 Å². The standard InChI is InChI=1S/C22H26N6O3S2/c1-14(2)31-20-6-4-16(33(23)30)11-18(20)26-22-27-19(13-32-22)15-3-5-17(25-12-15)21(29)28-9-7-24-8-10-28/h3-6,11-14,24H,7-10,23H2,1-2H3,(H,26,27). The largest absolute Gasteiger partial charge is 0.489 e. The lowest BCUT2D eigenvalue weighted by Crippen LogP contribution is -2.46. The van der Waals surface area contributed by atoms with E-state index in [4.69, 9.17) is 9.88 Å². The van der Waals surface area contributed by atoms with Gasteiger partial charge in [-0.15, -0.1) is 11.3 Å². The number of ether oxygens (including phenoxy) is 1. The molecule has 3 aromatic rings. The second-order valence-electron chi connectivity index (χ2n) is 7.76. The van der Waals surface area contributed by atoms with Gasteiger partial charge in [0.05, 0.1) is 22.4 Å². The Kier molecular flexibility index (Phi) is 7.33. The zero-order valence-electron chi connectivity index (χ0n) is 18.4. The number of rotatable bonds is 7. The molecule has 11 heteroatoms. The molecular formula is C22H26N6O3S2. The van der Waals surface area contributed by atoms with E-state index in [0.717, 1.165) is 24.3 Å². The number of nitrogens with two attached hydrogens (primary N) is 1. The number of thiazole rings is 1. The fourth-order valence-electron chi connectivity index (χ4n) is 3.37. The molecule has 0 saturated carbocycles. The van der Waals surface area contributed by atoms with Gasteiger partial charge in [0, 0.05) is 43.3 Å². The Morgan fingerprint density at radius 3 is 2.73 bits per heavy atom. The van der Waals surface area contributed by atoms with Crippen LogP contribution >= 0.6 is 11.3 Å². The Morgan fingerprint density at radius 1 is 1.27 bits per heavy atom. The number of carbonyl (C=O) groups excluding carboxylic acids is 1. The van der Waals surface area contributed by atoms with Gasteiger partial charge < -0.3 is 20.3 Å². The molecule has 9 nitrogen and oxygen atoms in total. The van der Waals surface area contributed by atoms with Crippen LogP contribution in [0.3, 0.4) is 0 Å². The van der Waals surface area contributed by atoms with Crippen LogP contribution in [0.1, 0.15) is 24.3 Å². The normalized spacial score (nSPS) is 14.8. The summed E-state index contributed by atoms with van der Waals surface area (Å²) in [4.78, 5) is 23.9. The molecule has 1 fully saturated rings. The molecule has 1 atom stereocenters. The van der Waals surface area contributed by atoms with Crippen molar-refractivity contribution in [3.8, 4) is 17.0 Å². The predicted octanol–water partition coefficient (Wildman–Crippen LogP) is 2.76. The molecule has 1 aliphatic heterocycles. The smallest absolute Gasteiger partial charge is 0.272 e. The van der Waals surface area contributed by atoms with Gasteiger partial charge >= 0.3 is 0 Å². The van der Waals surface area contributed by atoms with Crippen LogP contribution in [-0.2, 0) is 11.0 Å². The summed E-state index contributed by atoms with van der Waals surface area (Å²) in [6.07, 6.45) is 1.64. The van der Waals surface area contributed by atoms with Crippen molar-refractivity contribution in [2.24, 2.45) is 5.14 Å². The van der Waals surface area contributed by atoms with Crippen molar-refractivity contribution in [2.75, 3.05) is 31.5 Å². The van der Waals surface area contributed by atoms with Crippen molar-refractivity contribution in [1.82, 2.24) is 20.2 Å². The van der Waals surface area contributed by atoms with Gasteiger partial charge in [0.2, 0.25) is 0 Å². The number of nitrogens with zero attached hydrogens (tertiary/aromatic N) is 3. The Hall–Kier alpha value is -2.86. The monoisotopic (exact) mass is 486 g/mol. The molecule has 3 heterocycles. The first-order valence-electron chi connectivity index (χ1n) is 10.6. The lowest BCUT2D eigenvalue weighted by atomic mass is 10.2. The van der Waals surface area contributed by atoms with E-state index in [1.165, 1.54) is 11.3 Å². The molecule has 33 heavy (non-hydrogen) atoms. The molecule has 1 amide bonds. The number of aromatic nitrogens is 2. The van der Waals surface area contributed by atoms with Gasteiger partial charge in [-0.05, 0) is 44.2 Å². The molecule has 4 N–H and O–H groups in total. The molecule has 1 saturated heterocycles. The van der Waals surface area contributed by atoms with Crippen LogP contribution in [-0.4, -0.2) is 57.3 Å². The average Bonchev–Trinajstić information content (AvgIpc) is 3.28. The molecule has 0 radical (unpaired) electrons. The van der Waals surface area contributed by atoms with Crippen molar-refractivity contribution < 1.29 is 13.7 Å². The zero-order valence-corrected chi connectivity index (χ0v) is 20.0. The van der Waals surface area contributed by atoms with Crippen LogP contribution in [0.5, 0.6) is 5.75 Å². The molecule has 0 aliphatic carbocycles. The maximum Gasteiger partial charge on any atom is 0.272 e. The second-order valence-corrected chi connectivity index (χ2v) is 9.68. The summed E-state index contributed by atoms with van der Waals surface area (Å²) in [5.41, 5.74) is 2.61. The van der Waals surface area contributed by atoms with Crippen LogP contribution in [0.4, 0.5) is 10.8 Å². The summed E-state index contributed by atoms with van der Waals surface area (Å²) in [6.45, 7) is 6.84. The van der Waals surface area contributed by atoms with Crippen molar-refractivity contribution in [3.63, 3.8) is 0 Å². The molecule has 1 unspecified atom stereocenters. The highest BCUT2D eigenvalue weighted by Crippen LogP contribution is 2.33. The number of pyridine rings is 1. The number of hydrogen-bond acceptors (Lipinski definition) is 8. The lowest BCUT2D eigenvalue weighted by Gasteiger charge is -2.27. The second kappa shape index (κ2) is 10.4. The first-order valence-corrected chi connectivity index (χ1v) is 12.7. The maximum absolute atomic E-state index is 12.6. The Balaban J connectivity index is 1.51. The van der Waals surface area contributed by atoms with Crippen LogP contribution in [0, 0.1) is 0 Å². The van der Waals surface area contributed by atoms with Gasteiger partial charge in [0.1, 0.15) is 22.4 Å². The van der Waals surface area contributed by atoms with E-state index in [0.29, 0.717) is 40.2 Å². The van der Waals surface area contributed by atoms with Crippen LogP contribution < -0.4 is 20.5 Å². The number of anilines is 2. The van der Waals surface area contributed by atoms with Crippen LogP contribution in [0.2, 0.25) is 0 Å². The number of benzene rings is 1. The number of amides is 1. The summed E-state index contributed by atoms with van der Waals surface area (Å²) in [5, 5.41) is 14.6. The minimum atomic E-state index is -1.61. The van der Waals surface area contributed by atoms with Gasteiger partial charge in [-0.2, -0.15) is 0 Å². The fraction of sp³-hybridized carbons (Fsp3) is 0.318. The van der Waals surface area contributed by atoms with E-state index in [1.54, 1.807) is 30.5 Å². The van der Waals surface area contributed by atoms with Gasteiger partial charge in [-0.1, -0.05) is 0 Å². The minimum absolute atomic E-state index is 0.0277. The van der Waals surface area contributed by atoms with E-state index in [-0.39, 0.29) is 12.0 Å². The van der Waals surface area contributed by atoms with E-state index in [2.05, 4.69) is 20.6 Å². The van der Waals surface area contributed by atoms with Gasteiger partial charge in [0.15, 0.2) is 5.13 Å². The van der Waals surface area contributed by atoms with Gasteiger partial charge in [-0.3, -0.25) is 9.78 Å². The molecule has 0 spiro atoms. The Labute approximate surface area is 199 Å². The molecular weight excluding hydrogens is 460 g/mol. The first kappa shape index (κ1) is 23.3. The highest BCUT2D eigenvalue weighted by molar-refractivity contribution is 7.82. The molecule has 174 valence electrons. The summed E-state index contributed by atoms with van der Waals surface area (Å²) in [5.74, 6) is 0.562. The Morgan fingerprint density at radius 2 is 2.06 bits per heavy atom. The number of hydrogen-bond donors (Lipinski definition) is 3. The van der Waals surface area contributed by atoms with Crippen molar-refractivity contribution in [3.05, 3.63) is 47.6 Å². The zero-order chi connectivity index (χ0) is 23.4. The molecule has 1 aliphatic rings. The number of nitrogens with one attached hydrogen (secondary N) is 2. The first-order chi connectivity index (χ1) is 15.9. The molecule has 0 bridgehead atoms. The van der Waals surface area contributed by atoms with Crippen molar-refractivity contribution in [1.29, 1.82) is 0 Å². The summed E-state index contributed by atoms with van der Waals surface area (Å²) >= 11 is 1.42. The lowest BCUT2D eigenvalue weighted by molar-refractivity contribution is 0.0730. The average molecular weight is 487 g/mol. The van der Waals surface area contributed by atoms with Crippen LogP contribution in [0.15, 0.2) is 46.8 Å². The summed E-state index contributed by atoms with van der Waals surface area (Å²) in [7, 11) is -1.61. The van der Waals surface area contributed by atoms with E-state index >= 15 is 0 Å². The highest BCUT2D eigenvalue weighted by atomic mass is 32.2.